The zero-order valence-corrected chi connectivity index (χ0v) is 50.7. The lowest BCUT2D eigenvalue weighted by atomic mass is 9.85. The van der Waals surface area contributed by atoms with Crippen molar-refractivity contribution in [2.45, 2.75) is 122 Å². The van der Waals surface area contributed by atoms with Crippen LogP contribution in [0.3, 0.4) is 0 Å². The summed E-state index contributed by atoms with van der Waals surface area (Å²) in [7, 11) is 0. The van der Waals surface area contributed by atoms with Crippen LogP contribution in [0, 0.1) is 23.0 Å². The first-order chi connectivity index (χ1) is 42.0. The molecular formula is C63H62ClF3N10O10S. The third-order valence-corrected chi connectivity index (χ3v) is 19.4. The number of phenolic OH excluding ortho intramolecular Hbond substituents is 1. The number of carbonyl (C=O) groups excluding carboxylic acids is 4. The molecule has 0 aliphatic carbocycles. The molecule has 2 amide bonds. The number of thiophene rings is 1. The van der Waals surface area contributed by atoms with Gasteiger partial charge in [-0.15, -0.1) is 11.3 Å². The fraction of sp³-hybridized carbons (Fsp3) is 0.413. The largest absolute Gasteiger partial charge is 0.508 e. The zero-order valence-electron chi connectivity index (χ0n) is 49.1. The van der Waals surface area contributed by atoms with Gasteiger partial charge >= 0.3 is 24.0 Å². The molecule has 5 aliphatic rings. The number of aromatic hydroxyl groups is 1. The molecule has 3 aromatic carbocycles. The minimum absolute atomic E-state index is 0.0257. The number of nitrogens with zero attached hydrogens (tertiary/aromatic N) is 9. The Bertz CT molecular complexity index is 4270. The quantitative estimate of drug-likeness (QED) is 0.0584. The Hall–Kier alpha value is -8.53. The highest BCUT2D eigenvalue weighted by Crippen LogP contribution is 2.48. The predicted molar refractivity (Wildman–Crippen MR) is 323 cm³/mol. The molecule has 0 saturated carbocycles. The number of cyclic esters (lactones) is 1. The summed E-state index contributed by atoms with van der Waals surface area (Å²) in [4.78, 5) is 91.7. The van der Waals surface area contributed by atoms with Crippen molar-refractivity contribution in [1.82, 2.24) is 34.2 Å². The summed E-state index contributed by atoms with van der Waals surface area (Å²) in [6.45, 7) is 14.5. The number of pyridine rings is 2. The summed E-state index contributed by atoms with van der Waals surface area (Å²) < 4.78 is 73.1. The number of aromatic nitrogens is 4. The van der Waals surface area contributed by atoms with Crippen LogP contribution in [0.1, 0.15) is 95.0 Å². The molecule has 12 rings (SSSR count). The Morgan fingerprint density at radius 2 is 1.83 bits per heavy atom. The summed E-state index contributed by atoms with van der Waals surface area (Å²) >= 11 is 7.86. The number of phenols is 1. The van der Waals surface area contributed by atoms with E-state index in [-0.39, 0.29) is 141 Å². The Labute approximate surface area is 511 Å². The number of piperazine rings is 1. The number of anilines is 2. The number of nitriles is 1. The number of nitrogen functional groups attached to an aromatic ring is 1. The second-order valence-corrected chi connectivity index (χ2v) is 24.9. The van der Waals surface area contributed by atoms with E-state index in [2.05, 4.69) is 16.5 Å². The van der Waals surface area contributed by atoms with Gasteiger partial charge in [-0.3, -0.25) is 24.2 Å². The van der Waals surface area contributed by atoms with Crippen molar-refractivity contribution in [2.75, 3.05) is 56.5 Å². The normalized spacial score (nSPS) is 20.8. The van der Waals surface area contributed by atoms with Crippen molar-refractivity contribution < 1.29 is 56.4 Å². The minimum atomic E-state index is -2.08. The maximum atomic E-state index is 17.6. The number of alkyl halides is 1. The Balaban J connectivity index is 0.762. The number of ether oxygens (including phenoxy) is 4. The predicted octanol–water partition coefficient (Wildman–Crippen LogP) is 9.59. The lowest BCUT2D eigenvalue weighted by Gasteiger charge is -2.41. The van der Waals surface area contributed by atoms with E-state index in [4.69, 9.17) is 46.3 Å². The van der Waals surface area contributed by atoms with Crippen LogP contribution in [0.4, 0.5) is 28.8 Å². The van der Waals surface area contributed by atoms with Crippen LogP contribution in [0.15, 0.2) is 59.4 Å². The minimum Gasteiger partial charge on any atom is -0.508 e. The van der Waals surface area contributed by atoms with Crippen molar-refractivity contribution in [3.63, 3.8) is 0 Å². The van der Waals surface area contributed by atoms with Gasteiger partial charge in [0.05, 0.1) is 55.4 Å². The van der Waals surface area contributed by atoms with Crippen LogP contribution in [0.5, 0.6) is 11.8 Å². The van der Waals surface area contributed by atoms with E-state index in [0.717, 1.165) is 45.2 Å². The van der Waals surface area contributed by atoms with Gasteiger partial charge in [-0.05, 0) is 107 Å². The van der Waals surface area contributed by atoms with Gasteiger partial charge in [0, 0.05) is 77.5 Å². The summed E-state index contributed by atoms with van der Waals surface area (Å²) in [5.74, 6) is -3.73. The van der Waals surface area contributed by atoms with Crippen LogP contribution in [-0.4, -0.2) is 139 Å². The fourth-order valence-corrected chi connectivity index (χ4v) is 14.7. The van der Waals surface area contributed by atoms with E-state index in [9.17, 15) is 38.7 Å². The monoisotopic (exact) mass is 1240 g/mol. The molecule has 7 aromatic rings. The molecule has 0 radical (unpaired) electrons. The molecule has 458 valence electrons. The van der Waals surface area contributed by atoms with Gasteiger partial charge in [0.1, 0.15) is 66.0 Å². The second kappa shape index (κ2) is 22.6. The highest BCUT2D eigenvalue weighted by atomic mass is 35.5. The Kier molecular flexibility index (Phi) is 15.3. The van der Waals surface area contributed by atoms with E-state index < -0.39 is 83.2 Å². The first-order valence-electron chi connectivity index (χ1n) is 29.2. The standard InChI is InChI=1S/C63H62ClF3N10O10S/c1-8-36-38-19-35(78)11-14-46(38)70-52-41(36)26-77-47(52)21-43-42(58(77)81)28-84-59(82)63(43,9-2)87-48(79)27-76(30(3)4)61(83)86-33(7)32(6)57(80)73-17-18-75(31(5)24-73)56-39-20-44(64)50(37-12-13-45(66)54-49(37)40(23-68)55(69)88-54)51(67)53(39)71-60(72-56)85-29-62-15-10-16-74(62)25-34(65)22-62/h11-14,19-21,30-31,33-34,78H,6,8-10,15-18,22,24-29,69H2,1-5,7H3/t31-,33?,34+,62-,63-/m0/s1. The van der Waals surface area contributed by atoms with Crippen LogP contribution >= 0.6 is 22.9 Å². The Morgan fingerprint density at radius 3 is 2.56 bits per heavy atom. The summed E-state index contributed by atoms with van der Waals surface area (Å²) in [5.41, 5.74) is 6.11. The maximum Gasteiger partial charge on any atom is 0.411 e. The molecule has 88 heavy (non-hydrogen) atoms. The highest BCUT2D eigenvalue weighted by Gasteiger charge is 2.52. The second-order valence-electron chi connectivity index (χ2n) is 23.5. The lowest BCUT2D eigenvalue weighted by Crippen LogP contribution is -2.55. The molecule has 1 unspecified atom stereocenters. The van der Waals surface area contributed by atoms with E-state index in [1.807, 2.05) is 24.8 Å². The smallest absolute Gasteiger partial charge is 0.411 e. The van der Waals surface area contributed by atoms with Crippen LogP contribution in [0.25, 0.3) is 54.4 Å². The molecule has 20 nitrogen and oxygen atoms in total. The molecule has 3 saturated heterocycles. The number of halogens is 4. The lowest BCUT2D eigenvalue weighted by molar-refractivity contribution is -0.190. The molecule has 3 N–H and O–H groups in total. The first-order valence-corrected chi connectivity index (χ1v) is 30.4. The number of benzene rings is 3. The van der Waals surface area contributed by atoms with Crippen molar-refractivity contribution in [3.05, 3.63) is 109 Å². The number of rotatable bonds is 14. The van der Waals surface area contributed by atoms with Crippen molar-refractivity contribution >= 4 is 89.6 Å². The molecule has 9 heterocycles. The van der Waals surface area contributed by atoms with Crippen molar-refractivity contribution in [1.29, 1.82) is 5.26 Å². The summed E-state index contributed by atoms with van der Waals surface area (Å²) in [6.07, 6.45) is -1.06. The van der Waals surface area contributed by atoms with E-state index >= 15 is 8.78 Å². The van der Waals surface area contributed by atoms with Crippen LogP contribution in [-0.2, 0) is 53.8 Å². The number of carbonyl (C=O) groups is 4. The number of hydrogen-bond donors (Lipinski definition) is 2. The molecular weight excluding hydrogens is 1180 g/mol. The fourth-order valence-electron chi connectivity index (χ4n) is 13.5. The van der Waals surface area contributed by atoms with Gasteiger partial charge < -0.3 is 44.2 Å². The molecule has 5 aliphatic heterocycles. The summed E-state index contributed by atoms with van der Waals surface area (Å²) in [6, 6.07) is 11.1. The van der Waals surface area contributed by atoms with E-state index in [1.54, 1.807) is 43.5 Å². The molecule has 3 fully saturated rings. The van der Waals surface area contributed by atoms with Crippen molar-refractivity contribution in [3.8, 4) is 40.3 Å². The number of esters is 2. The highest BCUT2D eigenvalue weighted by molar-refractivity contribution is 7.23. The molecule has 0 spiro atoms. The van der Waals surface area contributed by atoms with Crippen LogP contribution in [0.2, 0.25) is 5.02 Å². The van der Waals surface area contributed by atoms with Gasteiger partial charge in [-0.2, -0.15) is 15.2 Å². The van der Waals surface area contributed by atoms with E-state index in [1.165, 1.54) is 30.0 Å². The number of nitrogens with two attached hydrogens (primary N) is 1. The average Bonchev–Trinajstić information content (AvgIpc) is 1.40. The van der Waals surface area contributed by atoms with Gasteiger partial charge in [-0.25, -0.2) is 27.7 Å². The van der Waals surface area contributed by atoms with Gasteiger partial charge in [0.15, 0.2) is 5.82 Å². The number of hydrogen-bond acceptors (Lipinski definition) is 18. The van der Waals surface area contributed by atoms with Crippen LogP contribution < -0.4 is 20.9 Å². The number of amides is 2. The van der Waals surface area contributed by atoms with Crippen molar-refractivity contribution in [2.24, 2.45) is 0 Å². The third-order valence-electron chi connectivity index (χ3n) is 18.1. The molecule has 4 aromatic heterocycles. The zero-order chi connectivity index (χ0) is 62.6. The SMILES string of the molecule is C=C(C(=O)N1CCN(c2nc(OC[C@@]34CCCN3C[C@H](F)C4)nc3c(F)c(-c4ccc(F)c5sc(N)c(C#N)c45)c(Cl)cc23)[C@@H](C)C1)C(C)OC(=O)N(CC(=O)O[C@]1(CC)C(=O)OCc2c1cc1n(c2=O)Cc2c-1nc1ccc(O)cc1c2CC)C(C)C. The molecule has 5 atom stereocenters. The Morgan fingerprint density at radius 1 is 1.05 bits per heavy atom. The van der Waals surface area contributed by atoms with E-state index in [0.29, 0.717) is 36.3 Å². The topological polar surface area (TPSA) is 249 Å². The number of fused-ring (bicyclic) bond motifs is 8. The average molecular weight is 1240 g/mol. The maximum absolute atomic E-state index is 17.6. The van der Waals surface area contributed by atoms with Gasteiger partial charge in [0.25, 0.3) is 11.5 Å². The number of aryl methyl sites for hydroxylation is 1. The molecule has 25 heteroatoms. The van der Waals surface area contributed by atoms with Gasteiger partial charge in [-0.1, -0.05) is 38.1 Å². The third kappa shape index (κ3) is 9.76. The first kappa shape index (κ1) is 59.8. The molecule has 0 bridgehead atoms. The van der Waals surface area contributed by atoms with Gasteiger partial charge in [0.2, 0.25) is 5.60 Å². The summed E-state index contributed by atoms with van der Waals surface area (Å²) in [5, 5.41) is 21.4.